The first kappa shape index (κ1) is 23.2. The Morgan fingerprint density at radius 3 is 2.14 bits per heavy atom. The van der Waals surface area contributed by atoms with E-state index in [9.17, 15) is 9.59 Å². The number of thioether (sulfide) groups is 1. The van der Waals surface area contributed by atoms with Crippen LogP contribution in [-0.2, 0) is 15.3 Å². The second kappa shape index (κ2) is 11.2. The summed E-state index contributed by atoms with van der Waals surface area (Å²) in [4.78, 5) is 24.3. The fourth-order valence-corrected chi connectivity index (χ4v) is 3.48. The summed E-state index contributed by atoms with van der Waals surface area (Å²) in [6.45, 7) is -0.384. The van der Waals surface area contributed by atoms with Crippen LogP contribution in [0.1, 0.15) is 15.9 Å². The van der Waals surface area contributed by atoms with Crippen molar-refractivity contribution in [3.8, 4) is 17.2 Å². The average Bonchev–Trinajstić information content (AvgIpc) is 2.73. The van der Waals surface area contributed by atoms with Crippen molar-refractivity contribution in [1.29, 1.82) is 0 Å². The molecule has 0 aliphatic rings. The smallest absolute Gasteiger partial charge is 0.316 e. The van der Waals surface area contributed by atoms with Gasteiger partial charge in [0, 0.05) is 11.3 Å². The van der Waals surface area contributed by atoms with Crippen molar-refractivity contribution in [2.75, 3.05) is 33.7 Å². The summed E-state index contributed by atoms with van der Waals surface area (Å²) >= 11 is 13.2. The van der Waals surface area contributed by atoms with Crippen molar-refractivity contribution in [2.24, 2.45) is 0 Å². The molecule has 2 aromatic rings. The maximum Gasteiger partial charge on any atom is 0.316 e. The maximum absolute atomic E-state index is 12.4. The molecule has 0 aliphatic heterocycles. The van der Waals surface area contributed by atoms with E-state index in [1.165, 1.54) is 45.2 Å². The summed E-state index contributed by atoms with van der Waals surface area (Å²) in [5.74, 6) is 0.859. The van der Waals surface area contributed by atoms with E-state index >= 15 is 0 Å². The third-order valence-corrected chi connectivity index (χ3v) is 5.54. The Kier molecular flexibility index (Phi) is 8.95. The molecule has 0 fully saturated rings. The standard InChI is InChI=1S/C20H20Cl2O6S/c1-25-17-7-13(8-18(26-2)20(17)27-3)16(23)9-28-19(24)11-29-10-12-4-5-14(21)15(22)6-12/h4-8H,9-11H2,1-3H3. The highest BCUT2D eigenvalue weighted by molar-refractivity contribution is 7.99. The highest BCUT2D eigenvalue weighted by Crippen LogP contribution is 2.38. The van der Waals surface area contributed by atoms with Crippen molar-refractivity contribution < 1.29 is 28.5 Å². The van der Waals surface area contributed by atoms with Crippen LogP contribution in [0.15, 0.2) is 30.3 Å². The zero-order valence-electron chi connectivity index (χ0n) is 16.1. The van der Waals surface area contributed by atoms with E-state index in [2.05, 4.69) is 0 Å². The van der Waals surface area contributed by atoms with Crippen LogP contribution in [0, 0.1) is 0 Å². The number of esters is 1. The maximum atomic E-state index is 12.4. The van der Waals surface area contributed by atoms with Crippen LogP contribution in [0.2, 0.25) is 10.0 Å². The Balaban J connectivity index is 1.88. The van der Waals surface area contributed by atoms with Gasteiger partial charge in [0.2, 0.25) is 11.5 Å². The molecule has 156 valence electrons. The number of Topliss-reactive ketones (excluding diaryl/α,β-unsaturated/α-hetero) is 1. The molecule has 6 nitrogen and oxygen atoms in total. The third kappa shape index (κ3) is 6.45. The normalized spacial score (nSPS) is 10.4. The summed E-state index contributed by atoms with van der Waals surface area (Å²) < 4.78 is 20.7. The quantitative estimate of drug-likeness (QED) is 0.378. The van der Waals surface area contributed by atoms with Gasteiger partial charge in [-0.25, -0.2) is 0 Å². The Morgan fingerprint density at radius 2 is 1.59 bits per heavy atom. The van der Waals surface area contributed by atoms with Gasteiger partial charge in [-0.15, -0.1) is 11.8 Å². The van der Waals surface area contributed by atoms with Crippen molar-refractivity contribution >= 4 is 46.7 Å². The van der Waals surface area contributed by atoms with E-state index in [4.69, 9.17) is 42.1 Å². The van der Waals surface area contributed by atoms with Crippen LogP contribution in [0.5, 0.6) is 17.2 Å². The first-order chi connectivity index (χ1) is 13.9. The molecule has 0 bridgehead atoms. The molecule has 0 heterocycles. The van der Waals surface area contributed by atoms with Gasteiger partial charge in [0.05, 0.1) is 37.1 Å². The fraction of sp³-hybridized carbons (Fsp3) is 0.300. The van der Waals surface area contributed by atoms with E-state index in [0.29, 0.717) is 33.0 Å². The number of hydrogen-bond donors (Lipinski definition) is 0. The van der Waals surface area contributed by atoms with Gasteiger partial charge in [-0.2, -0.15) is 0 Å². The highest BCUT2D eigenvalue weighted by Gasteiger charge is 2.18. The Morgan fingerprint density at radius 1 is 0.931 bits per heavy atom. The minimum Gasteiger partial charge on any atom is -0.493 e. The summed E-state index contributed by atoms with van der Waals surface area (Å²) in [5.41, 5.74) is 1.22. The minimum absolute atomic E-state index is 0.1000. The average molecular weight is 459 g/mol. The first-order valence-electron chi connectivity index (χ1n) is 8.40. The molecular formula is C20H20Cl2O6S. The Hall–Kier alpha value is -2.09. The van der Waals surface area contributed by atoms with E-state index in [1.54, 1.807) is 12.1 Å². The summed E-state index contributed by atoms with van der Waals surface area (Å²) in [7, 11) is 4.38. The van der Waals surface area contributed by atoms with Crippen molar-refractivity contribution in [2.45, 2.75) is 5.75 Å². The lowest BCUT2D eigenvalue weighted by Gasteiger charge is -2.13. The van der Waals surface area contributed by atoms with Gasteiger partial charge >= 0.3 is 5.97 Å². The molecule has 0 unspecified atom stereocenters. The van der Waals surface area contributed by atoms with Gasteiger partial charge in [-0.05, 0) is 29.8 Å². The van der Waals surface area contributed by atoms with E-state index < -0.39 is 5.97 Å². The largest absolute Gasteiger partial charge is 0.493 e. The summed E-state index contributed by atoms with van der Waals surface area (Å²) in [6.07, 6.45) is 0. The molecule has 0 radical (unpaired) electrons. The van der Waals surface area contributed by atoms with E-state index in [1.807, 2.05) is 6.07 Å². The lowest BCUT2D eigenvalue weighted by atomic mass is 10.1. The molecule has 29 heavy (non-hydrogen) atoms. The molecular weight excluding hydrogens is 439 g/mol. The van der Waals surface area contributed by atoms with Gasteiger partial charge in [0.15, 0.2) is 18.1 Å². The molecule has 0 aromatic heterocycles. The Labute approximate surface area is 183 Å². The fourth-order valence-electron chi connectivity index (χ4n) is 2.39. The third-order valence-electron chi connectivity index (χ3n) is 3.82. The predicted molar refractivity (Wildman–Crippen MR) is 114 cm³/mol. The molecule has 2 aromatic carbocycles. The second-order valence-corrected chi connectivity index (χ2v) is 7.54. The number of benzene rings is 2. The molecule has 9 heteroatoms. The second-order valence-electron chi connectivity index (χ2n) is 5.74. The summed E-state index contributed by atoms with van der Waals surface area (Å²) in [6, 6.07) is 8.30. The lowest BCUT2D eigenvalue weighted by Crippen LogP contribution is -2.16. The molecule has 0 aliphatic carbocycles. The lowest BCUT2D eigenvalue weighted by molar-refractivity contribution is -0.139. The van der Waals surface area contributed by atoms with Gasteiger partial charge in [0.1, 0.15) is 0 Å². The van der Waals surface area contributed by atoms with Crippen LogP contribution < -0.4 is 14.2 Å². The van der Waals surface area contributed by atoms with Crippen LogP contribution in [0.4, 0.5) is 0 Å². The van der Waals surface area contributed by atoms with Gasteiger partial charge in [0.25, 0.3) is 0 Å². The van der Waals surface area contributed by atoms with Gasteiger partial charge in [-0.1, -0.05) is 29.3 Å². The zero-order valence-corrected chi connectivity index (χ0v) is 18.5. The van der Waals surface area contributed by atoms with Crippen LogP contribution in [0.25, 0.3) is 0 Å². The molecule has 0 spiro atoms. The predicted octanol–water partition coefficient (Wildman–Crippen LogP) is 4.68. The number of carbonyl (C=O) groups is 2. The van der Waals surface area contributed by atoms with Gasteiger partial charge in [-0.3, -0.25) is 9.59 Å². The van der Waals surface area contributed by atoms with E-state index in [0.717, 1.165) is 5.56 Å². The van der Waals surface area contributed by atoms with Crippen LogP contribution >= 0.6 is 35.0 Å². The van der Waals surface area contributed by atoms with E-state index in [-0.39, 0.29) is 23.7 Å². The number of hydrogen-bond acceptors (Lipinski definition) is 7. The van der Waals surface area contributed by atoms with Crippen LogP contribution in [0.3, 0.4) is 0 Å². The molecule has 0 atom stereocenters. The van der Waals surface area contributed by atoms with Crippen molar-refractivity contribution in [3.63, 3.8) is 0 Å². The molecule has 0 saturated heterocycles. The van der Waals surface area contributed by atoms with Gasteiger partial charge < -0.3 is 18.9 Å². The number of ketones is 1. The summed E-state index contributed by atoms with van der Waals surface area (Å²) in [5, 5.41) is 0.938. The van der Waals surface area contributed by atoms with Crippen molar-refractivity contribution in [3.05, 3.63) is 51.5 Å². The molecule has 2 rings (SSSR count). The SMILES string of the molecule is COc1cc(C(=O)COC(=O)CSCc2ccc(Cl)c(Cl)c2)cc(OC)c1OC. The van der Waals surface area contributed by atoms with Crippen LogP contribution in [-0.4, -0.2) is 45.4 Å². The molecule has 0 amide bonds. The zero-order chi connectivity index (χ0) is 21.4. The first-order valence-corrected chi connectivity index (χ1v) is 10.3. The topological polar surface area (TPSA) is 71.1 Å². The highest BCUT2D eigenvalue weighted by atomic mass is 35.5. The molecule has 0 N–H and O–H groups in total. The number of methoxy groups -OCH3 is 3. The van der Waals surface area contributed by atoms with Crippen molar-refractivity contribution in [1.82, 2.24) is 0 Å². The minimum atomic E-state index is -0.490. The number of ether oxygens (including phenoxy) is 4. The number of rotatable bonds is 10. The Bertz CT molecular complexity index is 862. The number of carbonyl (C=O) groups excluding carboxylic acids is 2. The molecule has 0 saturated carbocycles. The monoisotopic (exact) mass is 458 g/mol. The number of halogens is 2.